The van der Waals surface area contributed by atoms with E-state index in [0.29, 0.717) is 30.0 Å². The van der Waals surface area contributed by atoms with Crippen LogP contribution in [0, 0.1) is 5.41 Å². The molecule has 0 aliphatic carbocycles. The van der Waals surface area contributed by atoms with Crippen molar-refractivity contribution in [3.8, 4) is 0 Å². The van der Waals surface area contributed by atoms with Crippen LogP contribution in [0.4, 0.5) is 0 Å². The Kier molecular flexibility index (Phi) is 5.12. The molecule has 0 radical (unpaired) electrons. The molecule has 0 bridgehead atoms. The molecular formula is C19H30N2OS. The molecule has 2 fully saturated rings. The third-order valence-electron chi connectivity index (χ3n) is 5.96. The van der Waals surface area contributed by atoms with Crippen LogP contribution in [0.3, 0.4) is 0 Å². The van der Waals surface area contributed by atoms with E-state index in [-0.39, 0.29) is 0 Å². The summed E-state index contributed by atoms with van der Waals surface area (Å²) in [6.07, 6.45) is 5.90. The van der Waals surface area contributed by atoms with E-state index in [1.807, 2.05) is 0 Å². The van der Waals surface area contributed by atoms with Crippen molar-refractivity contribution < 1.29 is 4.79 Å². The smallest absolute Gasteiger partial charge is 0.237 e. The zero-order valence-electron chi connectivity index (χ0n) is 14.8. The fourth-order valence-corrected chi connectivity index (χ4v) is 5.12. The predicted molar refractivity (Wildman–Crippen MR) is 96.7 cm³/mol. The Morgan fingerprint density at radius 1 is 1.30 bits per heavy atom. The van der Waals surface area contributed by atoms with Gasteiger partial charge in [-0.2, -0.15) is 0 Å². The Labute approximate surface area is 144 Å². The summed E-state index contributed by atoms with van der Waals surface area (Å²) in [6.45, 7) is 9.59. The summed E-state index contributed by atoms with van der Waals surface area (Å²) in [5.74, 6) is 0.333. The first-order valence-electron chi connectivity index (χ1n) is 9.10. The van der Waals surface area contributed by atoms with Crippen molar-refractivity contribution in [1.29, 1.82) is 0 Å². The number of hydrogen-bond acceptors (Lipinski definition) is 3. The maximum absolute atomic E-state index is 13.0. The highest BCUT2D eigenvalue weighted by molar-refractivity contribution is 7.10. The van der Waals surface area contributed by atoms with Gasteiger partial charge in [-0.1, -0.05) is 26.8 Å². The topological polar surface area (TPSA) is 23.6 Å². The van der Waals surface area contributed by atoms with Crippen LogP contribution < -0.4 is 0 Å². The number of carbonyl (C=O) groups is 1. The number of carbonyl (C=O) groups excluding carboxylic acids is 1. The zero-order chi connectivity index (χ0) is 16.4. The first kappa shape index (κ1) is 17.0. The van der Waals surface area contributed by atoms with Crippen LogP contribution in [0.1, 0.15) is 63.8 Å². The van der Waals surface area contributed by atoms with E-state index >= 15 is 0 Å². The Balaban J connectivity index is 1.66. The fraction of sp³-hybridized carbons (Fsp3) is 0.737. The Bertz CT molecular complexity index is 525. The minimum atomic E-state index is 0.301. The van der Waals surface area contributed by atoms with Gasteiger partial charge in [0, 0.05) is 17.5 Å². The molecule has 1 aromatic heterocycles. The van der Waals surface area contributed by atoms with Gasteiger partial charge < -0.3 is 4.90 Å². The fourth-order valence-electron chi connectivity index (χ4n) is 4.24. The summed E-state index contributed by atoms with van der Waals surface area (Å²) in [5.41, 5.74) is 0.301. The molecule has 3 nitrogen and oxygen atoms in total. The van der Waals surface area contributed by atoms with Crippen LogP contribution in [-0.4, -0.2) is 41.4 Å². The minimum Gasteiger partial charge on any atom is -0.334 e. The lowest BCUT2D eigenvalue weighted by Crippen LogP contribution is -2.46. The summed E-state index contributed by atoms with van der Waals surface area (Å²) >= 11 is 1.79. The normalized spacial score (nSPS) is 26.1. The summed E-state index contributed by atoms with van der Waals surface area (Å²) in [5, 5.41) is 2.12. The van der Waals surface area contributed by atoms with Crippen molar-refractivity contribution in [1.82, 2.24) is 9.80 Å². The Morgan fingerprint density at radius 3 is 2.78 bits per heavy atom. The average molecular weight is 335 g/mol. The predicted octanol–water partition coefficient (Wildman–Crippen LogP) is 4.31. The molecule has 3 heterocycles. The molecule has 23 heavy (non-hydrogen) atoms. The average Bonchev–Trinajstić information content (AvgIpc) is 3.26. The van der Waals surface area contributed by atoms with Crippen LogP contribution in [0.15, 0.2) is 17.5 Å². The molecule has 0 unspecified atom stereocenters. The summed E-state index contributed by atoms with van der Waals surface area (Å²) < 4.78 is 0. The quantitative estimate of drug-likeness (QED) is 0.801. The SMILES string of the molecule is CCC(C)(C)[C@H]1CCCN1CC(=O)N1CCC[C@@H]1c1cccs1. The van der Waals surface area contributed by atoms with E-state index in [9.17, 15) is 4.79 Å². The van der Waals surface area contributed by atoms with Crippen molar-refractivity contribution in [3.05, 3.63) is 22.4 Å². The van der Waals surface area contributed by atoms with Crippen molar-refractivity contribution in [2.24, 2.45) is 5.41 Å². The Hall–Kier alpha value is -0.870. The van der Waals surface area contributed by atoms with Gasteiger partial charge in [-0.15, -0.1) is 11.3 Å². The molecule has 2 aliphatic heterocycles. The molecule has 2 aliphatic rings. The molecule has 2 atom stereocenters. The molecule has 0 spiro atoms. The van der Waals surface area contributed by atoms with Crippen molar-refractivity contribution in [2.45, 2.75) is 65.0 Å². The van der Waals surface area contributed by atoms with Crippen LogP contribution in [0.25, 0.3) is 0 Å². The van der Waals surface area contributed by atoms with Crippen LogP contribution >= 0.6 is 11.3 Å². The molecule has 3 rings (SSSR count). The standard InChI is InChI=1S/C19H30N2OS/c1-4-19(2,3)17-10-6-11-20(17)14-18(22)21-12-5-8-15(21)16-9-7-13-23-16/h7,9,13,15,17H,4-6,8,10-12,14H2,1-3H3/t15-,17-/m1/s1. The second kappa shape index (κ2) is 6.94. The molecule has 0 saturated carbocycles. The van der Waals surface area contributed by atoms with Gasteiger partial charge in [0.25, 0.3) is 0 Å². The van der Waals surface area contributed by atoms with Crippen LogP contribution in [0.5, 0.6) is 0 Å². The highest BCUT2D eigenvalue weighted by Gasteiger charge is 2.38. The molecule has 1 aromatic rings. The van der Waals surface area contributed by atoms with Crippen LogP contribution in [-0.2, 0) is 4.79 Å². The molecule has 4 heteroatoms. The van der Waals surface area contributed by atoms with Crippen molar-refractivity contribution in [3.63, 3.8) is 0 Å². The lowest BCUT2D eigenvalue weighted by atomic mass is 9.80. The highest BCUT2D eigenvalue weighted by Crippen LogP contribution is 2.37. The van der Waals surface area contributed by atoms with Crippen LogP contribution in [0.2, 0.25) is 0 Å². The van der Waals surface area contributed by atoms with Crippen molar-refractivity contribution in [2.75, 3.05) is 19.6 Å². The van der Waals surface area contributed by atoms with E-state index in [2.05, 4.69) is 48.1 Å². The van der Waals surface area contributed by atoms with Gasteiger partial charge in [0.05, 0.1) is 12.6 Å². The monoisotopic (exact) mass is 334 g/mol. The van der Waals surface area contributed by atoms with Gasteiger partial charge in [-0.05, 0) is 55.5 Å². The molecule has 0 N–H and O–H groups in total. The molecule has 128 valence electrons. The number of hydrogen-bond donors (Lipinski definition) is 0. The van der Waals surface area contributed by atoms with E-state index in [4.69, 9.17) is 0 Å². The van der Waals surface area contributed by atoms with E-state index in [1.165, 1.54) is 24.1 Å². The zero-order valence-corrected chi connectivity index (χ0v) is 15.6. The van der Waals surface area contributed by atoms with Gasteiger partial charge in [0.15, 0.2) is 0 Å². The van der Waals surface area contributed by atoms with Gasteiger partial charge in [0.2, 0.25) is 5.91 Å². The minimum absolute atomic E-state index is 0.301. The maximum Gasteiger partial charge on any atom is 0.237 e. The van der Waals surface area contributed by atoms with E-state index in [0.717, 1.165) is 25.9 Å². The molecular weight excluding hydrogens is 304 g/mol. The van der Waals surface area contributed by atoms with Gasteiger partial charge >= 0.3 is 0 Å². The first-order valence-corrected chi connectivity index (χ1v) is 9.98. The number of likely N-dealkylation sites (tertiary alicyclic amines) is 2. The second-order valence-electron chi connectivity index (χ2n) is 7.73. The van der Waals surface area contributed by atoms with Gasteiger partial charge in [-0.25, -0.2) is 0 Å². The van der Waals surface area contributed by atoms with Gasteiger partial charge in [0.1, 0.15) is 0 Å². The summed E-state index contributed by atoms with van der Waals surface area (Å²) in [4.78, 5) is 18.9. The lowest BCUT2D eigenvalue weighted by Gasteiger charge is -2.38. The van der Waals surface area contributed by atoms with E-state index in [1.54, 1.807) is 11.3 Å². The lowest BCUT2D eigenvalue weighted by molar-refractivity contribution is -0.134. The number of rotatable bonds is 5. The summed E-state index contributed by atoms with van der Waals surface area (Å²) in [6, 6.07) is 5.16. The molecule has 0 aromatic carbocycles. The Morgan fingerprint density at radius 2 is 2.09 bits per heavy atom. The summed E-state index contributed by atoms with van der Waals surface area (Å²) in [7, 11) is 0. The third-order valence-corrected chi connectivity index (χ3v) is 6.93. The molecule has 1 amide bonds. The number of thiophene rings is 1. The highest BCUT2D eigenvalue weighted by atomic mass is 32.1. The number of amides is 1. The van der Waals surface area contributed by atoms with Crippen molar-refractivity contribution >= 4 is 17.2 Å². The second-order valence-corrected chi connectivity index (χ2v) is 8.71. The van der Waals surface area contributed by atoms with Gasteiger partial charge in [-0.3, -0.25) is 9.69 Å². The number of nitrogens with zero attached hydrogens (tertiary/aromatic N) is 2. The first-order chi connectivity index (χ1) is 11.0. The van der Waals surface area contributed by atoms with E-state index < -0.39 is 0 Å². The molecule has 2 saturated heterocycles. The largest absolute Gasteiger partial charge is 0.334 e. The third kappa shape index (κ3) is 3.48. The maximum atomic E-state index is 13.0.